The molecule has 1 rings (SSSR count). The summed E-state index contributed by atoms with van der Waals surface area (Å²) in [6, 6.07) is 4.48. The van der Waals surface area contributed by atoms with Gasteiger partial charge in [0.25, 0.3) is 0 Å². The van der Waals surface area contributed by atoms with Crippen molar-refractivity contribution in [1.29, 1.82) is 0 Å². The third-order valence-electron chi connectivity index (χ3n) is 3.26. The van der Waals surface area contributed by atoms with E-state index in [0.29, 0.717) is 22.4 Å². The Morgan fingerprint density at radius 1 is 1.39 bits per heavy atom. The quantitative estimate of drug-likeness (QED) is 0.618. The molecular weight excluding hydrogens is 295 g/mol. The molecule has 0 aromatic heterocycles. The Hall–Kier alpha value is -0.700. The van der Waals surface area contributed by atoms with Gasteiger partial charge in [0.2, 0.25) is 0 Å². The number of Topliss-reactive ketones (excluding diaryl/α,β-unsaturated/α-hetero) is 1. The normalized spacial score (nSPS) is 12.4. The van der Waals surface area contributed by atoms with Gasteiger partial charge in [-0.15, -0.1) is 0 Å². The number of hydrogen-bond donors (Lipinski definition) is 0. The summed E-state index contributed by atoms with van der Waals surface area (Å²) in [4.78, 5) is 12.1. The van der Waals surface area contributed by atoms with Crippen LogP contribution in [0.2, 0.25) is 0 Å². The van der Waals surface area contributed by atoms with E-state index in [0.717, 1.165) is 19.3 Å². The lowest BCUT2D eigenvalue weighted by molar-refractivity contribution is 0.0957. The van der Waals surface area contributed by atoms with Crippen LogP contribution >= 0.6 is 15.9 Å². The van der Waals surface area contributed by atoms with Gasteiger partial charge in [-0.25, -0.2) is 4.39 Å². The van der Waals surface area contributed by atoms with Crippen LogP contribution in [0.1, 0.15) is 56.3 Å². The standard InChI is InChI=1S/C15H20BrFO/c1-3-5-6-11(4-2)9-15(18)12-7-8-14(17)13(16)10-12/h7-8,10-11H,3-6,9H2,1-2H3. The van der Waals surface area contributed by atoms with Gasteiger partial charge in [-0.3, -0.25) is 4.79 Å². The van der Waals surface area contributed by atoms with Crippen molar-refractivity contribution in [3.05, 3.63) is 34.1 Å². The van der Waals surface area contributed by atoms with Crippen LogP contribution in [0, 0.1) is 11.7 Å². The highest BCUT2D eigenvalue weighted by atomic mass is 79.9. The minimum Gasteiger partial charge on any atom is -0.294 e. The van der Waals surface area contributed by atoms with Gasteiger partial charge in [0, 0.05) is 12.0 Å². The van der Waals surface area contributed by atoms with Crippen LogP contribution in [0.15, 0.2) is 22.7 Å². The molecule has 1 aromatic carbocycles. The molecule has 0 heterocycles. The first-order valence-electron chi connectivity index (χ1n) is 6.56. The topological polar surface area (TPSA) is 17.1 Å². The van der Waals surface area contributed by atoms with Gasteiger partial charge < -0.3 is 0 Å². The fraction of sp³-hybridized carbons (Fsp3) is 0.533. The molecule has 0 aliphatic heterocycles. The third kappa shape index (κ3) is 4.52. The number of ketones is 1. The lowest BCUT2D eigenvalue weighted by atomic mass is 9.91. The van der Waals surface area contributed by atoms with Gasteiger partial charge in [-0.2, -0.15) is 0 Å². The zero-order chi connectivity index (χ0) is 13.5. The maximum absolute atomic E-state index is 13.1. The highest BCUT2D eigenvalue weighted by Crippen LogP contribution is 2.22. The summed E-state index contributed by atoms with van der Waals surface area (Å²) in [5.41, 5.74) is 0.596. The van der Waals surface area contributed by atoms with E-state index in [1.807, 2.05) is 0 Å². The Balaban J connectivity index is 2.65. The van der Waals surface area contributed by atoms with Crippen molar-refractivity contribution >= 4 is 21.7 Å². The van der Waals surface area contributed by atoms with Gasteiger partial charge in [0.15, 0.2) is 5.78 Å². The molecular formula is C15H20BrFO. The molecule has 100 valence electrons. The maximum atomic E-state index is 13.1. The molecule has 18 heavy (non-hydrogen) atoms. The molecule has 0 saturated heterocycles. The minimum atomic E-state index is -0.329. The second kappa shape index (κ2) is 7.67. The van der Waals surface area contributed by atoms with Crippen molar-refractivity contribution < 1.29 is 9.18 Å². The molecule has 0 aliphatic carbocycles. The predicted molar refractivity (Wildman–Crippen MR) is 76.4 cm³/mol. The number of hydrogen-bond acceptors (Lipinski definition) is 1. The van der Waals surface area contributed by atoms with E-state index in [4.69, 9.17) is 0 Å². The number of rotatable bonds is 7. The second-order valence-corrected chi connectivity index (χ2v) is 5.53. The van der Waals surface area contributed by atoms with Crippen molar-refractivity contribution in [3.8, 4) is 0 Å². The number of carbonyl (C=O) groups is 1. The average Bonchev–Trinajstić information content (AvgIpc) is 2.37. The summed E-state index contributed by atoms with van der Waals surface area (Å²) in [6.07, 6.45) is 5.01. The van der Waals surface area contributed by atoms with Crippen LogP contribution in [-0.2, 0) is 0 Å². The molecule has 0 fully saturated rings. The Bertz CT molecular complexity index is 403. The summed E-state index contributed by atoms with van der Waals surface area (Å²) in [5, 5.41) is 0. The molecule has 3 heteroatoms. The Morgan fingerprint density at radius 2 is 2.11 bits per heavy atom. The molecule has 0 aliphatic rings. The summed E-state index contributed by atoms with van der Waals surface area (Å²) < 4.78 is 13.5. The van der Waals surface area contributed by atoms with E-state index in [1.54, 1.807) is 12.1 Å². The number of benzene rings is 1. The number of halogens is 2. The molecule has 1 nitrogen and oxygen atoms in total. The highest BCUT2D eigenvalue weighted by molar-refractivity contribution is 9.10. The average molecular weight is 315 g/mol. The fourth-order valence-electron chi connectivity index (χ4n) is 1.99. The molecule has 1 atom stereocenters. The zero-order valence-corrected chi connectivity index (χ0v) is 12.6. The lowest BCUT2D eigenvalue weighted by Crippen LogP contribution is -2.08. The van der Waals surface area contributed by atoms with E-state index in [-0.39, 0.29) is 11.6 Å². The van der Waals surface area contributed by atoms with Crippen molar-refractivity contribution in [1.82, 2.24) is 0 Å². The van der Waals surface area contributed by atoms with Crippen LogP contribution in [0.3, 0.4) is 0 Å². The highest BCUT2D eigenvalue weighted by Gasteiger charge is 2.14. The maximum Gasteiger partial charge on any atom is 0.163 e. The van der Waals surface area contributed by atoms with E-state index in [9.17, 15) is 9.18 Å². The van der Waals surface area contributed by atoms with Gasteiger partial charge in [-0.1, -0.05) is 39.5 Å². The first-order chi connectivity index (χ1) is 8.58. The molecule has 0 amide bonds. The predicted octanol–water partition coefficient (Wildman–Crippen LogP) is 5.38. The van der Waals surface area contributed by atoms with Crippen LogP contribution in [0.4, 0.5) is 4.39 Å². The van der Waals surface area contributed by atoms with Crippen molar-refractivity contribution in [2.45, 2.75) is 46.0 Å². The molecule has 0 bridgehead atoms. The summed E-state index contributed by atoms with van der Waals surface area (Å²) in [5.74, 6) is 0.226. The Morgan fingerprint density at radius 3 is 2.67 bits per heavy atom. The smallest absolute Gasteiger partial charge is 0.163 e. The van der Waals surface area contributed by atoms with Crippen LogP contribution in [-0.4, -0.2) is 5.78 Å². The van der Waals surface area contributed by atoms with Gasteiger partial charge in [0.1, 0.15) is 5.82 Å². The molecule has 1 unspecified atom stereocenters. The lowest BCUT2D eigenvalue weighted by Gasteiger charge is -2.13. The third-order valence-corrected chi connectivity index (χ3v) is 3.87. The molecule has 0 radical (unpaired) electrons. The fourth-order valence-corrected chi connectivity index (χ4v) is 2.37. The van der Waals surface area contributed by atoms with Crippen LogP contribution in [0.25, 0.3) is 0 Å². The van der Waals surface area contributed by atoms with E-state index < -0.39 is 0 Å². The summed E-state index contributed by atoms with van der Waals surface area (Å²) >= 11 is 3.11. The molecule has 1 aromatic rings. The largest absolute Gasteiger partial charge is 0.294 e. The van der Waals surface area contributed by atoms with Crippen molar-refractivity contribution in [2.75, 3.05) is 0 Å². The van der Waals surface area contributed by atoms with Crippen molar-refractivity contribution in [3.63, 3.8) is 0 Å². The van der Waals surface area contributed by atoms with Gasteiger partial charge in [0.05, 0.1) is 4.47 Å². The molecule has 0 spiro atoms. The minimum absolute atomic E-state index is 0.110. The molecule has 0 N–H and O–H groups in total. The number of carbonyl (C=O) groups excluding carboxylic acids is 1. The summed E-state index contributed by atoms with van der Waals surface area (Å²) in [6.45, 7) is 4.28. The first kappa shape index (κ1) is 15.4. The summed E-state index contributed by atoms with van der Waals surface area (Å²) in [7, 11) is 0. The van der Waals surface area contributed by atoms with Crippen LogP contribution < -0.4 is 0 Å². The SMILES string of the molecule is CCCCC(CC)CC(=O)c1ccc(F)c(Br)c1. The van der Waals surface area contributed by atoms with Gasteiger partial charge in [-0.05, 0) is 40.0 Å². The van der Waals surface area contributed by atoms with E-state index in [2.05, 4.69) is 29.8 Å². The second-order valence-electron chi connectivity index (χ2n) is 4.67. The Kier molecular flexibility index (Phi) is 6.55. The first-order valence-corrected chi connectivity index (χ1v) is 7.36. The number of unbranched alkanes of at least 4 members (excludes halogenated alkanes) is 1. The monoisotopic (exact) mass is 314 g/mol. The van der Waals surface area contributed by atoms with E-state index >= 15 is 0 Å². The zero-order valence-electron chi connectivity index (χ0n) is 11.0. The van der Waals surface area contributed by atoms with E-state index in [1.165, 1.54) is 12.5 Å². The van der Waals surface area contributed by atoms with Crippen LogP contribution in [0.5, 0.6) is 0 Å². The Labute approximate surface area is 117 Å². The molecule has 0 saturated carbocycles. The van der Waals surface area contributed by atoms with Crippen molar-refractivity contribution in [2.24, 2.45) is 5.92 Å². The van der Waals surface area contributed by atoms with Gasteiger partial charge >= 0.3 is 0 Å².